The van der Waals surface area contributed by atoms with Crippen molar-refractivity contribution in [1.82, 2.24) is 5.32 Å². The monoisotopic (exact) mass is 611 g/mol. The van der Waals surface area contributed by atoms with Gasteiger partial charge in [0.25, 0.3) is 5.91 Å². The minimum absolute atomic E-state index is 0.0479. The second kappa shape index (κ2) is 13.6. The zero-order valence-electron chi connectivity index (χ0n) is 22.5. The highest BCUT2D eigenvalue weighted by Gasteiger charge is 2.36. The minimum atomic E-state index is -4.98. The van der Waals surface area contributed by atoms with Gasteiger partial charge in [0, 0.05) is 23.6 Å². The third-order valence-electron chi connectivity index (χ3n) is 6.10. The topological polar surface area (TPSA) is 102 Å². The molecular weight excluding hydrogens is 585 g/mol. The molecule has 0 aliphatic carbocycles. The van der Waals surface area contributed by atoms with Crippen LogP contribution in [0.1, 0.15) is 41.8 Å². The SMILES string of the molecule is CC(C)N1C(=O)CCOc2cc(Cl)ccc21.NC(=O)C(Cc1ccccc1F)NC(=O)c1ccc(F)cc1C(F)(F)F. The number of hydrogen-bond donors (Lipinski definition) is 2. The summed E-state index contributed by atoms with van der Waals surface area (Å²) in [6.07, 6.45) is -4.93. The van der Waals surface area contributed by atoms with E-state index in [-0.39, 0.29) is 30.0 Å². The van der Waals surface area contributed by atoms with Gasteiger partial charge in [-0.15, -0.1) is 0 Å². The van der Waals surface area contributed by atoms with Crippen LogP contribution >= 0.6 is 11.6 Å². The number of carbonyl (C=O) groups is 3. The van der Waals surface area contributed by atoms with Crippen LogP contribution in [0.5, 0.6) is 5.75 Å². The number of benzene rings is 3. The van der Waals surface area contributed by atoms with Crippen LogP contribution in [0.2, 0.25) is 5.02 Å². The van der Waals surface area contributed by atoms with E-state index in [1.54, 1.807) is 17.0 Å². The first-order chi connectivity index (χ1) is 19.7. The van der Waals surface area contributed by atoms with Crippen molar-refractivity contribution < 1.29 is 41.1 Å². The molecule has 0 fully saturated rings. The van der Waals surface area contributed by atoms with Gasteiger partial charge in [-0.1, -0.05) is 29.8 Å². The predicted molar refractivity (Wildman–Crippen MR) is 146 cm³/mol. The van der Waals surface area contributed by atoms with Crippen molar-refractivity contribution in [1.29, 1.82) is 0 Å². The fourth-order valence-corrected chi connectivity index (χ4v) is 4.33. The zero-order chi connectivity index (χ0) is 31.2. The maximum absolute atomic E-state index is 13.7. The largest absolute Gasteiger partial charge is 0.491 e. The van der Waals surface area contributed by atoms with E-state index in [2.05, 4.69) is 0 Å². The van der Waals surface area contributed by atoms with Crippen molar-refractivity contribution in [2.24, 2.45) is 5.73 Å². The molecule has 0 bridgehead atoms. The van der Waals surface area contributed by atoms with Gasteiger partial charge in [-0.2, -0.15) is 13.2 Å². The van der Waals surface area contributed by atoms with E-state index in [4.69, 9.17) is 22.1 Å². The lowest BCUT2D eigenvalue weighted by Crippen LogP contribution is -2.46. The van der Waals surface area contributed by atoms with Crippen molar-refractivity contribution in [2.45, 2.75) is 44.9 Å². The summed E-state index contributed by atoms with van der Waals surface area (Å²) in [5.74, 6) is -3.39. The number of amides is 3. The summed E-state index contributed by atoms with van der Waals surface area (Å²) in [5, 5.41) is 2.66. The molecule has 224 valence electrons. The van der Waals surface area contributed by atoms with E-state index in [1.165, 1.54) is 18.2 Å². The first-order valence-electron chi connectivity index (χ1n) is 12.6. The molecule has 0 spiro atoms. The number of carbonyl (C=O) groups excluding carboxylic acids is 3. The van der Waals surface area contributed by atoms with Crippen molar-refractivity contribution in [2.75, 3.05) is 11.5 Å². The van der Waals surface area contributed by atoms with Crippen LogP contribution in [0, 0.1) is 11.6 Å². The third kappa shape index (κ3) is 8.19. The van der Waals surface area contributed by atoms with Crippen LogP contribution in [-0.2, 0) is 22.2 Å². The predicted octanol–water partition coefficient (Wildman–Crippen LogP) is 5.67. The van der Waals surface area contributed by atoms with Crippen molar-refractivity contribution in [3.8, 4) is 5.75 Å². The normalized spacial score (nSPS) is 13.7. The maximum Gasteiger partial charge on any atom is 0.417 e. The molecule has 0 aromatic heterocycles. The molecule has 4 rings (SSSR count). The van der Waals surface area contributed by atoms with Gasteiger partial charge >= 0.3 is 6.18 Å². The smallest absolute Gasteiger partial charge is 0.417 e. The average molecular weight is 612 g/mol. The van der Waals surface area contributed by atoms with Crippen molar-refractivity contribution in [3.05, 3.63) is 94.0 Å². The average Bonchev–Trinajstić information content (AvgIpc) is 3.06. The Hall–Kier alpha value is -4.19. The van der Waals surface area contributed by atoms with E-state index in [0.717, 1.165) is 11.8 Å². The molecule has 0 radical (unpaired) electrons. The Morgan fingerprint density at radius 2 is 1.76 bits per heavy atom. The van der Waals surface area contributed by atoms with Gasteiger partial charge < -0.3 is 20.7 Å². The van der Waals surface area contributed by atoms with Gasteiger partial charge in [-0.05, 0) is 55.8 Å². The Labute approximate surface area is 243 Å². The van der Waals surface area contributed by atoms with E-state index in [9.17, 15) is 36.3 Å². The molecule has 0 saturated heterocycles. The zero-order valence-corrected chi connectivity index (χ0v) is 23.2. The summed E-state index contributed by atoms with van der Waals surface area (Å²) < 4.78 is 71.3. The molecular formula is C29H27ClF5N3O4. The number of anilines is 1. The number of alkyl halides is 3. The molecule has 3 amide bonds. The molecule has 42 heavy (non-hydrogen) atoms. The lowest BCUT2D eigenvalue weighted by molar-refractivity contribution is -0.138. The summed E-state index contributed by atoms with van der Waals surface area (Å²) in [6, 6.07) is 10.9. The van der Waals surface area contributed by atoms with E-state index < -0.39 is 46.8 Å². The fraction of sp³-hybridized carbons (Fsp3) is 0.276. The summed E-state index contributed by atoms with van der Waals surface area (Å²) >= 11 is 5.91. The Balaban J connectivity index is 0.000000258. The number of fused-ring (bicyclic) bond motifs is 1. The molecule has 1 aliphatic heterocycles. The second-order valence-corrected chi connectivity index (χ2v) is 9.92. The van der Waals surface area contributed by atoms with E-state index in [1.807, 2.05) is 25.2 Å². The van der Waals surface area contributed by atoms with Crippen molar-refractivity contribution >= 4 is 35.0 Å². The van der Waals surface area contributed by atoms with Crippen LogP contribution in [0.15, 0.2) is 60.7 Å². The second-order valence-electron chi connectivity index (χ2n) is 9.48. The first-order valence-corrected chi connectivity index (χ1v) is 13.0. The standard InChI is InChI=1S/C17H13F5N2O2.C12H14ClNO2/c18-10-5-6-11(12(8-10)17(20,21)22)16(26)24-14(15(23)25)7-9-3-1-2-4-13(9)19;1-8(2)14-10-4-3-9(13)7-11(10)16-6-5-12(14)15/h1-6,8,14H,7H2,(H2,23,25)(H,24,26);3-4,7-8H,5-6H2,1-2H3. The lowest BCUT2D eigenvalue weighted by Gasteiger charge is -2.25. The molecule has 7 nitrogen and oxygen atoms in total. The molecule has 3 N–H and O–H groups in total. The van der Waals surface area contributed by atoms with E-state index in [0.29, 0.717) is 35.9 Å². The highest BCUT2D eigenvalue weighted by atomic mass is 35.5. The minimum Gasteiger partial charge on any atom is -0.491 e. The summed E-state index contributed by atoms with van der Waals surface area (Å²) in [5.41, 5.74) is 3.63. The Morgan fingerprint density at radius 1 is 1.07 bits per heavy atom. The number of nitrogens with one attached hydrogen (secondary N) is 1. The van der Waals surface area contributed by atoms with Crippen molar-refractivity contribution in [3.63, 3.8) is 0 Å². The van der Waals surface area contributed by atoms with Gasteiger partial charge in [-0.25, -0.2) is 8.78 Å². The Kier molecular flexibility index (Phi) is 10.5. The van der Waals surface area contributed by atoms with Gasteiger partial charge in [0.2, 0.25) is 11.8 Å². The number of nitrogens with two attached hydrogens (primary N) is 1. The number of hydrogen-bond acceptors (Lipinski definition) is 4. The summed E-state index contributed by atoms with van der Waals surface area (Å²) in [6.45, 7) is 4.39. The molecule has 1 unspecified atom stereocenters. The van der Waals surface area contributed by atoms with Crippen LogP contribution in [0.4, 0.5) is 27.6 Å². The fourth-order valence-electron chi connectivity index (χ4n) is 4.16. The first kappa shape index (κ1) is 32.3. The van der Waals surface area contributed by atoms with Gasteiger partial charge in [0.1, 0.15) is 23.4 Å². The quantitative estimate of drug-likeness (QED) is 0.351. The molecule has 1 atom stereocenters. The summed E-state index contributed by atoms with van der Waals surface area (Å²) in [4.78, 5) is 37.4. The van der Waals surface area contributed by atoms with E-state index >= 15 is 0 Å². The highest BCUT2D eigenvalue weighted by molar-refractivity contribution is 6.30. The lowest BCUT2D eigenvalue weighted by atomic mass is 10.0. The molecule has 3 aromatic carbocycles. The van der Waals surface area contributed by atoms with Crippen LogP contribution in [-0.4, -0.2) is 36.4 Å². The van der Waals surface area contributed by atoms with Gasteiger partial charge in [-0.3, -0.25) is 14.4 Å². The number of halogens is 6. The maximum atomic E-state index is 13.7. The molecule has 1 heterocycles. The number of nitrogens with zero attached hydrogens (tertiary/aromatic N) is 1. The van der Waals surface area contributed by atoms with Crippen LogP contribution in [0.25, 0.3) is 0 Å². The van der Waals surface area contributed by atoms with Gasteiger partial charge in [0.15, 0.2) is 0 Å². The third-order valence-corrected chi connectivity index (χ3v) is 6.34. The number of ether oxygens (including phenoxy) is 1. The number of rotatable bonds is 6. The molecule has 1 aliphatic rings. The van der Waals surface area contributed by atoms with Gasteiger partial charge in [0.05, 0.1) is 29.8 Å². The van der Waals surface area contributed by atoms with Crippen LogP contribution < -0.4 is 20.7 Å². The highest BCUT2D eigenvalue weighted by Crippen LogP contribution is 2.35. The van der Waals surface area contributed by atoms with Crippen LogP contribution in [0.3, 0.4) is 0 Å². The molecule has 0 saturated carbocycles. The summed E-state index contributed by atoms with van der Waals surface area (Å²) in [7, 11) is 0. The number of primary amides is 1. The Bertz CT molecular complexity index is 1470. The molecule has 3 aromatic rings. The Morgan fingerprint density at radius 3 is 2.38 bits per heavy atom. The molecule has 13 heteroatoms.